The second kappa shape index (κ2) is 14.2. The van der Waals surface area contributed by atoms with Crippen LogP contribution in [0.4, 0.5) is 0 Å². The van der Waals surface area contributed by atoms with Crippen LogP contribution in [0.3, 0.4) is 0 Å². The number of carboxylic acids is 1. The number of aliphatic hydroxyl groups is 3. The number of benzene rings is 2. The third kappa shape index (κ3) is 7.88. The number of phenolic OH excluding ortho intramolecular Hbond substituents is 1. The number of methoxy groups -OCH3 is 2. The summed E-state index contributed by atoms with van der Waals surface area (Å²) < 4.78 is 20.9. The average molecular weight is 562 g/mol. The van der Waals surface area contributed by atoms with E-state index in [2.05, 4.69) is 0 Å². The maximum atomic E-state index is 12.3. The predicted octanol–water partition coefficient (Wildman–Crippen LogP) is 1.10. The van der Waals surface area contributed by atoms with Crippen molar-refractivity contribution in [3.8, 4) is 23.0 Å². The van der Waals surface area contributed by atoms with Gasteiger partial charge in [0.05, 0.1) is 20.6 Å². The lowest BCUT2D eigenvalue weighted by Crippen LogP contribution is -2.61. The number of aliphatic hydroxyl groups excluding tert-OH is 3. The lowest BCUT2D eigenvalue weighted by molar-refractivity contribution is -0.271. The predicted molar refractivity (Wildman–Crippen MR) is 140 cm³/mol. The minimum atomic E-state index is -1.86. The second-order valence-corrected chi connectivity index (χ2v) is 8.47. The van der Waals surface area contributed by atoms with E-state index in [0.717, 1.165) is 0 Å². The van der Waals surface area contributed by atoms with E-state index in [0.29, 0.717) is 11.1 Å². The Bertz CT molecular complexity index is 1270. The highest BCUT2D eigenvalue weighted by Gasteiger charge is 2.48. The number of rotatable bonds is 11. The summed E-state index contributed by atoms with van der Waals surface area (Å²) in [6.07, 6.45) is -3.85. The normalized spacial score (nSPS) is 22.5. The number of allylic oxidation sites excluding steroid dienone is 2. The largest absolute Gasteiger partial charge is 0.504 e. The minimum Gasteiger partial charge on any atom is -0.504 e. The first kappa shape index (κ1) is 31.9. The lowest BCUT2D eigenvalue weighted by Gasteiger charge is -2.38. The molecule has 1 saturated heterocycles. The smallest absolute Gasteiger partial charge is 0.335 e. The van der Waals surface area contributed by atoms with Gasteiger partial charge in [0.2, 0.25) is 6.29 Å². The third-order valence-corrected chi connectivity index (χ3v) is 5.72. The third-order valence-electron chi connectivity index (χ3n) is 5.72. The lowest BCUT2D eigenvalue weighted by atomic mass is 9.99. The molecule has 2 aromatic carbocycles. The Morgan fingerprint density at radius 2 is 1.38 bits per heavy atom. The van der Waals surface area contributed by atoms with Crippen molar-refractivity contribution in [3.05, 3.63) is 59.7 Å². The van der Waals surface area contributed by atoms with Gasteiger partial charge in [-0.15, -0.1) is 0 Å². The summed E-state index contributed by atoms with van der Waals surface area (Å²) >= 11 is 0. The van der Waals surface area contributed by atoms with Crippen LogP contribution in [0.1, 0.15) is 17.5 Å². The van der Waals surface area contributed by atoms with Crippen molar-refractivity contribution in [1.82, 2.24) is 6.15 Å². The Hall–Kier alpha value is -4.27. The summed E-state index contributed by atoms with van der Waals surface area (Å²) in [4.78, 5) is 35.7. The van der Waals surface area contributed by atoms with E-state index in [1.165, 1.54) is 62.8 Å². The van der Waals surface area contributed by atoms with Gasteiger partial charge >= 0.3 is 5.97 Å². The van der Waals surface area contributed by atoms with E-state index in [1.807, 2.05) is 0 Å². The Morgan fingerprint density at radius 3 is 1.93 bits per heavy atom. The Balaban J connectivity index is 0.00000560. The molecule has 8 N–H and O–H groups in total. The van der Waals surface area contributed by atoms with Gasteiger partial charge < -0.3 is 50.6 Å². The number of ketones is 2. The van der Waals surface area contributed by atoms with Gasteiger partial charge in [0.25, 0.3) is 0 Å². The van der Waals surface area contributed by atoms with Crippen LogP contribution >= 0.6 is 0 Å². The number of carboxylic acid groups (broad SMARTS) is 1. The zero-order valence-corrected chi connectivity index (χ0v) is 21.7. The van der Waals surface area contributed by atoms with E-state index in [1.54, 1.807) is 12.1 Å². The molecular formula is C27H31NO12. The molecule has 3 rings (SSSR count). The molecule has 13 nitrogen and oxygen atoms in total. The van der Waals surface area contributed by atoms with Crippen molar-refractivity contribution in [1.29, 1.82) is 0 Å². The molecular weight excluding hydrogens is 530 g/mol. The van der Waals surface area contributed by atoms with E-state index in [-0.39, 0.29) is 35.6 Å². The van der Waals surface area contributed by atoms with Crippen molar-refractivity contribution in [2.45, 2.75) is 37.1 Å². The standard InChI is InChI=1S/C27H28O12.H3N/c1-36-20-11-14(5-9-18(20)30)3-7-16(28)13-17(29)8-4-15-6-10-19(21(12-15)37-2)38-27-24(33)22(31)23(32)25(39-27)26(34)35;/h3-12,22-25,27,30-33H,13H2,1-2H3,(H,34,35);1H3/b7-3+,8-4+;/t22-,23-,24+,25-,27+;/m0./s1. The summed E-state index contributed by atoms with van der Waals surface area (Å²) in [5.74, 6) is -2.07. The quantitative estimate of drug-likeness (QED) is 0.167. The highest BCUT2D eigenvalue weighted by Crippen LogP contribution is 2.32. The van der Waals surface area contributed by atoms with E-state index in [4.69, 9.17) is 18.9 Å². The Labute approximate surface area is 229 Å². The number of phenols is 1. The van der Waals surface area contributed by atoms with Crippen molar-refractivity contribution in [3.63, 3.8) is 0 Å². The topological polar surface area (TPSA) is 224 Å². The van der Waals surface area contributed by atoms with Gasteiger partial charge in [0.15, 0.2) is 40.7 Å². The van der Waals surface area contributed by atoms with Crippen molar-refractivity contribution < 1.29 is 58.9 Å². The molecule has 216 valence electrons. The van der Waals surface area contributed by atoms with Crippen LogP contribution < -0.4 is 20.4 Å². The van der Waals surface area contributed by atoms with Crippen molar-refractivity contribution >= 4 is 29.7 Å². The van der Waals surface area contributed by atoms with Crippen molar-refractivity contribution in [2.24, 2.45) is 0 Å². The maximum absolute atomic E-state index is 12.3. The van der Waals surface area contributed by atoms with Crippen LogP contribution in [0.2, 0.25) is 0 Å². The van der Waals surface area contributed by atoms with E-state index in [9.17, 15) is 39.9 Å². The fraction of sp³-hybridized carbons (Fsp3) is 0.296. The number of hydrogen-bond donors (Lipinski definition) is 6. The Kier molecular flexibility index (Phi) is 11.3. The SMILES string of the molecule is COc1cc(/C=C/C(=O)CC(=O)/C=C/c2ccc(O[C@@H]3O[C@H](C(=O)O)[C@@H](O)[C@H](O)[C@H]3O)c(OC)c2)ccc1O.N. The van der Waals surface area contributed by atoms with Gasteiger partial charge in [0, 0.05) is 0 Å². The molecule has 40 heavy (non-hydrogen) atoms. The zero-order chi connectivity index (χ0) is 28.7. The van der Waals surface area contributed by atoms with E-state index >= 15 is 0 Å². The molecule has 0 unspecified atom stereocenters. The van der Waals surface area contributed by atoms with Gasteiger partial charge in [-0.2, -0.15) is 0 Å². The first-order valence-corrected chi connectivity index (χ1v) is 11.6. The molecule has 0 amide bonds. The van der Waals surface area contributed by atoms with Crippen LogP contribution in [0, 0.1) is 0 Å². The molecule has 0 aliphatic carbocycles. The van der Waals surface area contributed by atoms with Gasteiger partial charge in [-0.1, -0.05) is 24.3 Å². The number of carbonyl (C=O) groups is 3. The Morgan fingerprint density at radius 1 is 0.825 bits per heavy atom. The summed E-state index contributed by atoms with van der Waals surface area (Å²) in [6.45, 7) is 0. The second-order valence-electron chi connectivity index (χ2n) is 8.47. The van der Waals surface area contributed by atoms with E-state index < -0.39 is 48.2 Å². The highest BCUT2D eigenvalue weighted by molar-refractivity contribution is 6.10. The first-order chi connectivity index (χ1) is 18.5. The van der Waals surface area contributed by atoms with Gasteiger partial charge in [-0.25, -0.2) is 4.79 Å². The minimum absolute atomic E-state index is 0. The summed E-state index contributed by atoms with van der Waals surface area (Å²) in [5, 5.41) is 48.7. The molecule has 0 saturated carbocycles. The maximum Gasteiger partial charge on any atom is 0.335 e. The molecule has 0 radical (unpaired) electrons. The number of ether oxygens (including phenoxy) is 4. The van der Waals surface area contributed by atoms with Gasteiger partial charge in [0.1, 0.15) is 18.3 Å². The average Bonchev–Trinajstić information content (AvgIpc) is 2.91. The fourth-order valence-electron chi connectivity index (χ4n) is 3.63. The molecule has 0 spiro atoms. The van der Waals surface area contributed by atoms with Crippen LogP contribution in [-0.2, 0) is 19.1 Å². The molecule has 0 aromatic heterocycles. The summed E-state index contributed by atoms with van der Waals surface area (Å²) in [5.41, 5.74) is 1.10. The number of carbonyl (C=O) groups excluding carboxylic acids is 2. The molecule has 0 bridgehead atoms. The summed E-state index contributed by atoms with van der Waals surface area (Å²) in [6, 6.07) is 8.96. The number of hydrogen-bond acceptors (Lipinski definition) is 12. The number of aromatic hydroxyl groups is 1. The summed E-state index contributed by atoms with van der Waals surface area (Å²) in [7, 11) is 2.73. The van der Waals surface area contributed by atoms with Gasteiger partial charge in [-0.3, -0.25) is 9.59 Å². The van der Waals surface area contributed by atoms with Gasteiger partial charge in [-0.05, 0) is 47.5 Å². The van der Waals surface area contributed by atoms with Crippen LogP contribution in [0.15, 0.2) is 48.6 Å². The molecule has 13 heteroatoms. The molecule has 1 heterocycles. The molecule has 1 aliphatic rings. The highest BCUT2D eigenvalue weighted by atomic mass is 16.7. The number of aliphatic carboxylic acids is 1. The molecule has 1 aliphatic heterocycles. The zero-order valence-electron chi connectivity index (χ0n) is 21.7. The molecule has 5 atom stereocenters. The van der Waals surface area contributed by atoms with Crippen LogP contribution in [0.5, 0.6) is 23.0 Å². The van der Waals surface area contributed by atoms with Crippen LogP contribution in [-0.4, -0.2) is 88.0 Å². The molecule has 1 fully saturated rings. The molecule has 2 aromatic rings. The van der Waals surface area contributed by atoms with Crippen LogP contribution in [0.25, 0.3) is 12.2 Å². The van der Waals surface area contributed by atoms with Crippen molar-refractivity contribution in [2.75, 3.05) is 14.2 Å². The fourth-order valence-corrected chi connectivity index (χ4v) is 3.63. The first-order valence-electron chi connectivity index (χ1n) is 11.6. The monoisotopic (exact) mass is 561 g/mol.